The Morgan fingerprint density at radius 2 is 2.20 bits per heavy atom. The first kappa shape index (κ1) is 12.0. The van der Waals surface area contributed by atoms with Crippen LogP contribution in [0.2, 0.25) is 0 Å². The Kier molecular flexibility index (Phi) is 10.00. The maximum Gasteiger partial charge on any atom is 0.231 e. The molecule has 0 spiro atoms. The number of rotatable bonds is 2. The molecule has 0 radical (unpaired) electrons. The third-order valence-corrected chi connectivity index (χ3v) is 1.69. The lowest BCUT2D eigenvalue weighted by atomic mass is 10.5. The van der Waals surface area contributed by atoms with Gasteiger partial charge in [0, 0.05) is 5.31 Å². The molecule has 0 aliphatic rings. The van der Waals surface area contributed by atoms with E-state index in [-0.39, 0.29) is 0 Å². The molecule has 0 fully saturated rings. The van der Waals surface area contributed by atoms with Crippen molar-refractivity contribution in [1.82, 2.24) is 0 Å². The van der Waals surface area contributed by atoms with Crippen molar-refractivity contribution in [3.05, 3.63) is 11.9 Å². The minimum Gasteiger partial charge on any atom is -0.343 e. The fourth-order valence-electron chi connectivity index (χ4n) is 0.151. The Balaban J connectivity index is 0. The minimum atomic E-state index is -2.41. The third kappa shape index (κ3) is 10.3. The van der Waals surface area contributed by atoms with Crippen molar-refractivity contribution in [3.63, 3.8) is 0 Å². The molecule has 1 atom stereocenters. The number of hydrogen-bond acceptors (Lipinski definition) is 3. The summed E-state index contributed by atoms with van der Waals surface area (Å²) >= 11 is 0. The summed E-state index contributed by atoms with van der Waals surface area (Å²) in [5.74, 6) is 0. The highest BCUT2D eigenvalue weighted by molar-refractivity contribution is 7.43. The molecule has 0 rings (SSSR count). The van der Waals surface area contributed by atoms with Gasteiger partial charge in [-0.2, -0.15) is 0 Å². The summed E-state index contributed by atoms with van der Waals surface area (Å²) in [5, 5.41) is 5.85. The van der Waals surface area contributed by atoms with Crippen molar-refractivity contribution < 1.29 is 14.3 Å². The molecular weight excluding hydrogens is 153 g/mol. The fourth-order valence-corrected chi connectivity index (χ4v) is 0.454. The van der Waals surface area contributed by atoms with Crippen molar-refractivity contribution >= 4 is 14.1 Å². The number of carbonyl (C=O) groups excluding carboxylic acids is 1. The molecule has 0 aromatic heterocycles. The van der Waals surface area contributed by atoms with Crippen LogP contribution in [0.5, 0.6) is 0 Å². The molecule has 0 saturated carbocycles. The molecular formula is C5H10NO3P. The zero-order chi connectivity index (χ0) is 8.57. The van der Waals surface area contributed by atoms with Crippen LogP contribution in [0, 0.1) is 5.41 Å². The van der Waals surface area contributed by atoms with Gasteiger partial charge in [-0.15, -0.1) is 0 Å². The van der Waals surface area contributed by atoms with Crippen molar-refractivity contribution in [2.24, 2.45) is 0 Å². The van der Waals surface area contributed by atoms with Gasteiger partial charge < -0.3 is 4.89 Å². The smallest absolute Gasteiger partial charge is 0.231 e. The SMILES string of the molecule is C=C(CC)[PH](=O)O.N=C=O. The second kappa shape index (κ2) is 8.31. The zero-order valence-electron chi connectivity index (χ0n) is 5.68. The van der Waals surface area contributed by atoms with Crippen LogP contribution in [0.15, 0.2) is 11.9 Å². The van der Waals surface area contributed by atoms with Crippen LogP contribution in [0.3, 0.4) is 0 Å². The average molecular weight is 163 g/mol. The van der Waals surface area contributed by atoms with Gasteiger partial charge in [0.05, 0.1) is 0 Å². The lowest BCUT2D eigenvalue weighted by molar-refractivity contribution is 0.508. The number of isocyanates is 1. The Labute approximate surface area is 59.9 Å². The molecule has 5 heteroatoms. The van der Waals surface area contributed by atoms with Crippen LogP contribution in [0.4, 0.5) is 0 Å². The highest BCUT2D eigenvalue weighted by Gasteiger charge is 1.92. The molecule has 0 heterocycles. The van der Waals surface area contributed by atoms with E-state index in [0.717, 1.165) is 6.08 Å². The molecule has 2 N–H and O–H groups in total. The summed E-state index contributed by atoms with van der Waals surface area (Å²) < 4.78 is 10.0. The third-order valence-electron chi connectivity index (χ3n) is 0.729. The standard InChI is InChI=1S/C4H9O2P.CHNO/c1-3-4(2)7(5)6;2-1-3/h7H,2-3H2,1H3,(H,5,6);2H. The van der Waals surface area contributed by atoms with E-state index in [0.29, 0.717) is 11.7 Å². The average Bonchev–Trinajstić information content (AvgIpc) is 1.88. The van der Waals surface area contributed by atoms with Gasteiger partial charge in [-0.3, -0.25) is 4.57 Å². The van der Waals surface area contributed by atoms with E-state index in [9.17, 15) is 4.57 Å². The van der Waals surface area contributed by atoms with Crippen molar-refractivity contribution in [1.29, 1.82) is 5.41 Å². The molecule has 0 aliphatic carbocycles. The number of hydrogen-bond donors (Lipinski definition) is 2. The van der Waals surface area contributed by atoms with Gasteiger partial charge in [0.15, 0.2) is 0 Å². The van der Waals surface area contributed by atoms with E-state index in [1.54, 1.807) is 6.92 Å². The molecule has 0 bridgehead atoms. The maximum atomic E-state index is 10.0. The Morgan fingerprint density at radius 3 is 2.20 bits per heavy atom. The zero-order valence-corrected chi connectivity index (χ0v) is 6.68. The molecule has 0 aromatic rings. The lowest BCUT2D eigenvalue weighted by Crippen LogP contribution is -1.64. The van der Waals surface area contributed by atoms with Crippen LogP contribution in [-0.2, 0) is 9.36 Å². The van der Waals surface area contributed by atoms with Gasteiger partial charge >= 0.3 is 0 Å². The topological polar surface area (TPSA) is 78.2 Å². The van der Waals surface area contributed by atoms with Crippen LogP contribution in [0.25, 0.3) is 0 Å². The van der Waals surface area contributed by atoms with Gasteiger partial charge in [0.25, 0.3) is 0 Å². The van der Waals surface area contributed by atoms with Crippen LogP contribution >= 0.6 is 8.03 Å². The molecule has 0 aliphatic heterocycles. The highest BCUT2D eigenvalue weighted by atomic mass is 31.1. The van der Waals surface area contributed by atoms with E-state index in [1.807, 2.05) is 0 Å². The van der Waals surface area contributed by atoms with Crippen LogP contribution < -0.4 is 0 Å². The fraction of sp³-hybridized carbons (Fsp3) is 0.400. The first-order chi connectivity index (χ1) is 4.59. The lowest BCUT2D eigenvalue weighted by Gasteiger charge is -1.89. The van der Waals surface area contributed by atoms with E-state index < -0.39 is 8.03 Å². The predicted octanol–water partition coefficient (Wildman–Crippen LogP) is 1.28. The Hall–Kier alpha value is -0.690. The van der Waals surface area contributed by atoms with Gasteiger partial charge in [0.2, 0.25) is 14.1 Å². The minimum absolute atomic E-state index is 0.449. The second-order valence-corrected chi connectivity index (χ2v) is 2.68. The number of allylic oxidation sites excluding steroid dienone is 1. The van der Waals surface area contributed by atoms with Crippen molar-refractivity contribution in [2.45, 2.75) is 13.3 Å². The van der Waals surface area contributed by atoms with E-state index in [1.165, 1.54) is 0 Å². The summed E-state index contributed by atoms with van der Waals surface area (Å²) in [5.41, 5.74) is 0. The first-order valence-electron chi connectivity index (χ1n) is 2.55. The Morgan fingerprint density at radius 1 is 1.90 bits per heavy atom. The molecule has 0 amide bonds. The first-order valence-corrected chi connectivity index (χ1v) is 3.90. The molecule has 0 saturated heterocycles. The van der Waals surface area contributed by atoms with E-state index in [4.69, 9.17) is 15.1 Å². The van der Waals surface area contributed by atoms with Gasteiger partial charge in [-0.1, -0.05) is 13.5 Å². The normalized spacial score (nSPS) is 10.2. The maximum absolute atomic E-state index is 10.0. The molecule has 58 valence electrons. The number of nitrogens with one attached hydrogen (secondary N) is 1. The summed E-state index contributed by atoms with van der Waals surface area (Å²) in [7, 11) is -2.41. The van der Waals surface area contributed by atoms with Crippen molar-refractivity contribution in [2.75, 3.05) is 0 Å². The molecule has 1 unspecified atom stereocenters. The molecule has 0 aromatic carbocycles. The highest BCUT2D eigenvalue weighted by Crippen LogP contribution is 2.26. The summed E-state index contributed by atoms with van der Waals surface area (Å²) in [4.78, 5) is 16.6. The largest absolute Gasteiger partial charge is 0.343 e. The quantitative estimate of drug-likeness (QED) is 0.365. The second-order valence-electron chi connectivity index (χ2n) is 1.36. The molecule has 10 heavy (non-hydrogen) atoms. The summed E-state index contributed by atoms with van der Waals surface area (Å²) in [6, 6.07) is 0. The molecule has 4 nitrogen and oxygen atoms in total. The van der Waals surface area contributed by atoms with Crippen molar-refractivity contribution in [3.8, 4) is 0 Å². The van der Waals surface area contributed by atoms with Gasteiger partial charge in [-0.05, 0) is 6.42 Å². The monoisotopic (exact) mass is 163 g/mol. The predicted molar refractivity (Wildman–Crippen MR) is 39.1 cm³/mol. The van der Waals surface area contributed by atoms with Gasteiger partial charge in [-0.25, -0.2) is 10.2 Å². The van der Waals surface area contributed by atoms with Crippen LogP contribution in [0.1, 0.15) is 13.3 Å². The van der Waals surface area contributed by atoms with Gasteiger partial charge in [0.1, 0.15) is 0 Å². The van der Waals surface area contributed by atoms with Crippen LogP contribution in [-0.4, -0.2) is 11.0 Å². The summed E-state index contributed by atoms with van der Waals surface area (Å²) in [6.45, 7) is 5.16. The summed E-state index contributed by atoms with van der Waals surface area (Å²) in [6.07, 6.45) is 1.36. The van der Waals surface area contributed by atoms with E-state index in [2.05, 4.69) is 6.58 Å². The Bertz CT molecular complexity index is 160. The van der Waals surface area contributed by atoms with E-state index >= 15 is 0 Å².